The summed E-state index contributed by atoms with van der Waals surface area (Å²) >= 11 is 0. The summed E-state index contributed by atoms with van der Waals surface area (Å²) in [6.45, 7) is 6.24. The molecule has 2 aromatic heterocycles. The van der Waals surface area contributed by atoms with E-state index < -0.39 is 0 Å². The number of halogens is 1. The Balaban J connectivity index is 0.00000225. The number of aliphatic imine (C=N–C) groups is 1. The third-order valence-corrected chi connectivity index (χ3v) is 4.02. The van der Waals surface area contributed by atoms with Crippen LogP contribution in [0.4, 0.5) is 0 Å². The summed E-state index contributed by atoms with van der Waals surface area (Å²) in [6.07, 6.45) is 4.11. The number of nitrogens with zero attached hydrogens (tertiary/aromatic N) is 2. The molecule has 1 aromatic carbocycles. The van der Waals surface area contributed by atoms with Crippen molar-refractivity contribution in [3.8, 4) is 0 Å². The number of nitrogens with one attached hydrogen (secondary N) is 2. The molecular formula is C19H25IN4O. The van der Waals surface area contributed by atoms with Gasteiger partial charge in [-0.2, -0.15) is 0 Å². The van der Waals surface area contributed by atoms with E-state index in [1.165, 1.54) is 16.5 Å². The van der Waals surface area contributed by atoms with Gasteiger partial charge >= 0.3 is 0 Å². The molecule has 0 saturated carbocycles. The van der Waals surface area contributed by atoms with E-state index in [2.05, 4.69) is 47.8 Å². The van der Waals surface area contributed by atoms with Gasteiger partial charge < -0.3 is 19.6 Å². The Morgan fingerprint density at radius 1 is 1.20 bits per heavy atom. The largest absolute Gasteiger partial charge is 0.459 e. The minimum Gasteiger partial charge on any atom is -0.459 e. The van der Waals surface area contributed by atoms with Crippen molar-refractivity contribution in [2.45, 2.75) is 26.9 Å². The third kappa shape index (κ3) is 4.78. The number of para-hydroxylation sites is 1. The highest BCUT2D eigenvalue weighted by Crippen LogP contribution is 2.24. The molecule has 0 aliphatic carbocycles. The highest BCUT2D eigenvalue weighted by atomic mass is 127. The van der Waals surface area contributed by atoms with Crippen LogP contribution in [0.2, 0.25) is 0 Å². The first-order chi connectivity index (χ1) is 11.7. The van der Waals surface area contributed by atoms with E-state index in [0.29, 0.717) is 13.1 Å². The Morgan fingerprint density at radius 3 is 2.68 bits per heavy atom. The van der Waals surface area contributed by atoms with Crippen molar-refractivity contribution in [1.82, 2.24) is 15.2 Å². The van der Waals surface area contributed by atoms with Crippen LogP contribution in [0.3, 0.4) is 0 Å². The fraction of sp³-hybridized carbons (Fsp3) is 0.316. The van der Waals surface area contributed by atoms with Gasteiger partial charge in [-0.1, -0.05) is 18.2 Å². The van der Waals surface area contributed by atoms with Crippen LogP contribution < -0.4 is 10.6 Å². The lowest BCUT2D eigenvalue weighted by Crippen LogP contribution is -2.36. The highest BCUT2D eigenvalue weighted by Gasteiger charge is 2.10. The Labute approximate surface area is 165 Å². The molecule has 0 spiro atoms. The quantitative estimate of drug-likeness (QED) is 0.350. The number of aromatic nitrogens is 1. The van der Waals surface area contributed by atoms with Crippen molar-refractivity contribution in [2.75, 3.05) is 6.54 Å². The van der Waals surface area contributed by atoms with Gasteiger partial charge in [-0.25, -0.2) is 4.99 Å². The van der Waals surface area contributed by atoms with Gasteiger partial charge in [0.15, 0.2) is 5.96 Å². The molecule has 2 heterocycles. The number of guanidine groups is 1. The zero-order valence-electron chi connectivity index (χ0n) is 14.9. The number of hydrogen-bond donors (Lipinski definition) is 2. The first-order valence-corrected chi connectivity index (χ1v) is 8.27. The Hall–Kier alpha value is -1.96. The second-order valence-corrected chi connectivity index (χ2v) is 5.88. The van der Waals surface area contributed by atoms with Crippen molar-refractivity contribution < 1.29 is 4.42 Å². The molecule has 0 saturated heterocycles. The van der Waals surface area contributed by atoms with Crippen LogP contribution in [-0.4, -0.2) is 17.1 Å². The first-order valence-electron chi connectivity index (χ1n) is 8.27. The van der Waals surface area contributed by atoms with Crippen molar-refractivity contribution in [3.05, 3.63) is 59.6 Å². The van der Waals surface area contributed by atoms with E-state index in [1.54, 1.807) is 0 Å². The monoisotopic (exact) mass is 452 g/mol. The number of fused-ring (bicyclic) bond motifs is 1. The Morgan fingerprint density at radius 2 is 2.00 bits per heavy atom. The maximum Gasteiger partial charge on any atom is 0.191 e. The van der Waals surface area contributed by atoms with Crippen molar-refractivity contribution in [2.24, 2.45) is 12.0 Å². The smallest absolute Gasteiger partial charge is 0.191 e. The fourth-order valence-electron chi connectivity index (χ4n) is 2.72. The maximum atomic E-state index is 5.94. The zero-order valence-corrected chi connectivity index (χ0v) is 17.2. The highest BCUT2D eigenvalue weighted by molar-refractivity contribution is 14.0. The third-order valence-electron chi connectivity index (χ3n) is 4.02. The summed E-state index contributed by atoms with van der Waals surface area (Å²) in [4.78, 5) is 4.64. The average molecular weight is 452 g/mol. The van der Waals surface area contributed by atoms with Crippen LogP contribution >= 0.6 is 24.0 Å². The van der Waals surface area contributed by atoms with Crippen molar-refractivity contribution in [1.29, 1.82) is 0 Å². The van der Waals surface area contributed by atoms with Crippen LogP contribution in [0, 0.1) is 6.92 Å². The second-order valence-electron chi connectivity index (χ2n) is 5.88. The van der Waals surface area contributed by atoms with E-state index in [9.17, 15) is 0 Å². The summed E-state index contributed by atoms with van der Waals surface area (Å²) < 4.78 is 7.98. The summed E-state index contributed by atoms with van der Waals surface area (Å²) in [5, 5.41) is 7.79. The molecule has 0 fully saturated rings. The molecule has 5 nitrogen and oxygen atoms in total. The molecule has 0 atom stereocenters. The Bertz CT molecular complexity index is 850. The second kappa shape index (κ2) is 8.94. The van der Waals surface area contributed by atoms with E-state index in [0.717, 1.165) is 23.8 Å². The normalized spacial score (nSPS) is 11.4. The van der Waals surface area contributed by atoms with Gasteiger partial charge in [0, 0.05) is 36.9 Å². The number of rotatable bonds is 5. The summed E-state index contributed by atoms with van der Waals surface area (Å²) in [6, 6.07) is 10.2. The predicted molar refractivity (Wildman–Crippen MR) is 113 cm³/mol. The molecule has 0 aliphatic heterocycles. The number of aryl methyl sites for hydroxylation is 2. The molecule has 3 rings (SSSR count). The van der Waals surface area contributed by atoms with Crippen molar-refractivity contribution >= 4 is 40.9 Å². The summed E-state index contributed by atoms with van der Waals surface area (Å²) in [5.41, 5.74) is 3.30. The van der Waals surface area contributed by atoms with Crippen LogP contribution in [0.25, 0.3) is 11.0 Å². The lowest BCUT2D eigenvalue weighted by molar-refractivity contribution is 0.534. The van der Waals surface area contributed by atoms with Crippen LogP contribution in [0.5, 0.6) is 0 Å². The van der Waals surface area contributed by atoms with Crippen LogP contribution in [-0.2, 0) is 20.1 Å². The van der Waals surface area contributed by atoms with Crippen LogP contribution in [0.15, 0.2) is 52.1 Å². The van der Waals surface area contributed by atoms with Gasteiger partial charge in [0.05, 0.1) is 13.1 Å². The molecule has 0 radical (unpaired) electrons. The standard InChI is InChI=1S/C19H24N4O.HI/c1-4-20-19(21-11-15-9-10-23(3)13-15)22-12-18-14(2)16-7-5-6-8-17(16)24-18;/h5-10,13H,4,11-12H2,1-3H3,(H2,20,21,22);1H. The van der Waals surface area contributed by atoms with Crippen LogP contribution in [0.1, 0.15) is 23.8 Å². The van der Waals surface area contributed by atoms with E-state index >= 15 is 0 Å². The SMILES string of the molecule is CCNC(=NCc1ccn(C)c1)NCc1oc2ccccc2c1C.I. The number of hydrogen-bond acceptors (Lipinski definition) is 2. The lowest BCUT2D eigenvalue weighted by atomic mass is 10.1. The van der Waals surface area contributed by atoms with Gasteiger partial charge in [0.2, 0.25) is 0 Å². The summed E-state index contributed by atoms with van der Waals surface area (Å²) in [5.74, 6) is 1.74. The molecule has 6 heteroatoms. The zero-order chi connectivity index (χ0) is 16.9. The molecular weight excluding hydrogens is 427 g/mol. The van der Waals surface area contributed by atoms with E-state index in [-0.39, 0.29) is 24.0 Å². The molecule has 0 bridgehead atoms. The Kier molecular flexibility index (Phi) is 6.92. The first kappa shape index (κ1) is 19.4. The minimum absolute atomic E-state index is 0. The van der Waals surface area contributed by atoms with E-state index in [4.69, 9.17) is 4.42 Å². The number of furan rings is 1. The molecule has 0 aliphatic rings. The molecule has 3 aromatic rings. The lowest BCUT2D eigenvalue weighted by Gasteiger charge is -2.10. The number of benzene rings is 1. The van der Waals surface area contributed by atoms with Gasteiger partial charge in [0.25, 0.3) is 0 Å². The summed E-state index contributed by atoms with van der Waals surface area (Å²) in [7, 11) is 2.01. The van der Waals surface area contributed by atoms with Gasteiger partial charge in [-0.05, 0) is 31.5 Å². The molecule has 25 heavy (non-hydrogen) atoms. The molecule has 134 valence electrons. The topological polar surface area (TPSA) is 54.5 Å². The van der Waals surface area contributed by atoms with E-state index in [1.807, 2.05) is 36.0 Å². The molecule has 2 N–H and O–H groups in total. The molecule has 0 unspecified atom stereocenters. The van der Waals surface area contributed by atoms with Gasteiger partial charge in [-0.15, -0.1) is 24.0 Å². The average Bonchev–Trinajstić information content (AvgIpc) is 3.14. The fourth-order valence-corrected chi connectivity index (χ4v) is 2.72. The molecule has 0 amide bonds. The van der Waals surface area contributed by atoms with Gasteiger partial charge in [0.1, 0.15) is 11.3 Å². The predicted octanol–water partition coefficient (Wildman–Crippen LogP) is 3.95. The van der Waals surface area contributed by atoms with Gasteiger partial charge in [-0.3, -0.25) is 0 Å². The maximum absolute atomic E-state index is 5.94. The minimum atomic E-state index is 0. The van der Waals surface area contributed by atoms with Crippen molar-refractivity contribution in [3.63, 3.8) is 0 Å².